The van der Waals surface area contributed by atoms with E-state index in [1.807, 2.05) is 0 Å². The summed E-state index contributed by atoms with van der Waals surface area (Å²) < 4.78 is 0. The molecule has 2 aliphatic heterocycles. The number of fused-ring (bicyclic) bond motifs is 1. The molecular formula is C16H15N3O5. The zero-order valence-corrected chi connectivity index (χ0v) is 12.7. The first-order valence-corrected chi connectivity index (χ1v) is 7.46. The number of amides is 4. The molecule has 1 saturated heterocycles. The lowest BCUT2D eigenvalue weighted by Gasteiger charge is -2.29. The van der Waals surface area contributed by atoms with Crippen molar-refractivity contribution in [1.29, 1.82) is 0 Å². The number of piperidine rings is 1. The molecule has 2 aliphatic rings. The van der Waals surface area contributed by atoms with Gasteiger partial charge in [-0.25, -0.2) is 0 Å². The van der Waals surface area contributed by atoms with Gasteiger partial charge in [0.1, 0.15) is 6.04 Å². The maximum Gasteiger partial charge on any atom is 0.285 e. The van der Waals surface area contributed by atoms with E-state index >= 15 is 0 Å². The van der Waals surface area contributed by atoms with Gasteiger partial charge in [0.25, 0.3) is 11.8 Å². The van der Waals surface area contributed by atoms with Crippen LogP contribution in [0, 0.1) is 0 Å². The first kappa shape index (κ1) is 15.9. The second-order valence-corrected chi connectivity index (χ2v) is 5.86. The van der Waals surface area contributed by atoms with E-state index in [1.54, 1.807) is 18.2 Å². The molecule has 8 heteroatoms. The van der Waals surface area contributed by atoms with Gasteiger partial charge < -0.3 is 10.6 Å². The average molecular weight is 329 g/mol. The fourth-order valence-corrected chi connectivity index (χ4v) is 3.01. The Morgan fingerprint density at radius 3 is 2.67 bits per heavy atom. The van der Waals surface area contributed by atoms with Crippen LogP contribution in [0.1, 0.15) is 34.3 Å². The van der Waals surface area contributed by atoms with Crippen molar-refractivity contribution in [3.05, 3.63) is 34.9 Å². The van der Waals surface area contributed by atoms with E-state index in [-0.39, 0.29) is 37.6 Å². The van der Waals surface area contributed by atoms with Gasteiger partial charge in [-0.1, -0.05) is 12.1 Å². The maximum atomic E-state index is 12.5. The summed E-state index contributed by atoms with van der Waals surface area (Å²) in [6, 6.07) is 4.15. The largest absolute Gasteiger partial charge is 0.363 e. The number of primary amides is 1. The van der Waals surface area contributed by atoms with Crippen LogP contribution in [0.25, 0.3) is 0 Å². The molecule has 0 aromatic heterocycles. The van der Waals surface area contributed by atoms with E-state index in [9.17, 15) is 24.0 Å². The lowest BCUT2D eigenvalue weighted by molar-refractivity contribution is -0.136. The minimum atomic E-state index is -1.00. The highest BCUT2D eigenvalue weighted by Gasteiger charge is 2.39. The molecule has 0 saturated carbocycles. The van der Waals surface area contributed by atoms with Gasteiger partial charge in [0, 0.05) is 24.9 Å². The number of ketones is 1. The normalized spacial score (nSPS) is 19.9. The number of carbonyl (C=O) groups is 5. The second-order valence-electron chi connectivity index (χ2n) is 5.86. The monoisotopic (exact) mass is 329 g/mol. The van der Waals surface area contributed by atoms with Crippen LogP contribution in [0.2, 0.25) is 0 Å². The molecular weight excluding hydrogens is 314 g/mol. The number of carbonyl (C=O) groups excluding carboxylic acids is 5. The number of rotatable bonds is 4. The predicted molar refractivity (Wildman–Crippen MR) is 80.4 cm³/mol. The molecule has 1 unspecified atom stereocenters. The molecule has 0 aliphatic carbocycles. The third-order valence-electron chi connectivity index (χ3n) is 4.23. The van der Waals surface area contributed by atoms with Crippen molar-refractivity contribution in [2.75, 3.05) is 0 Å². The molecule has 0 bridgehead atoms. The predicted octanol–water partition coefficient (Wildman–Crippen LogP) is -0.955. The second kappa shape index (κ2) is 5.88. The van der Waals surface area contributed by atoms with Crippen LogP contribution in [0.4, 0.5) is 0 Å². The molecule has 24 heavy (non-hydrogen) atoms. The van der Waals surface area contributed by atoms with Crippen molar-refractivity contribution in [2.24, 2.45) is 5.73 Å². The van der Waals surface area contributed by atoms with Crippen LogP contribution >= 0.6 is 0 Å². The van der Waals surface area contributed by atoms with Gasteiger partial charge in [0.2, 0.25) is 17.6 Å². The molecule has 8 nitrogen and oxygen atoms in total. The lowest BCUT2D eigenvalue weighted by atomic mass is 10.0. The topological polar surface area (TPSA) is 127 Å². The quantitative estimate of drug-likeness (QED) is 0.543. The van der Waals surface area contributed by atoms with E-state index in [0.29, 0.717) is 16.7 Å². The Kier molecular flexibility index (Phi) is 3.88. The van der Waals surface area contributed by atoms with E-state index in [4.69, 9.17) is 5.73 Å². The van der Waals surface area contributed by atoms with Crippen LogP contribution in [0.15, 0.2) is 18.2 Å². The summed E-state index contributed by atoms with van der Waals surface area (Å²) in [7, 11) is 0. The minimum Gasteiger partial charge on any atom is -0.363 e. The van der Waals surface area contributed by atoms with E-state index in [0.717, 1.165) is 0 Å². The van der Waals surface area contributed by atoms with E-state index < -0.39 is 23.6 Å². The Labute approximate surface area is 137 Å². The van der Waals surface area contributed by atoms with Crippen molar-refractivity contribution in [2.45, 2.75) is 31.8 Å². The number of nitrogens with zero attached hydrogens (tertiary/aromatic N) is 1. The number of nitrogens with two attached hydrogens (primary N) is 1. The number of imide groups is 1. The smallest absolute Gasteiger partial charge is 0.285 e. The van der Waals surface area contributed by atoms with E-state index in [2.05, 4.69) is 5.32 Å². The summed E-state index contributed by atoms with van der Waals surface area (Å²) >= 11 is 0. The van der Waals surface area contributed by atoms with Gasteiger partial charge in [0.15, 0.2) is 0 Å². The Hall–Kier alpha value is -3.03. The molecule has 4 amide bonds. The lowest BCUT2D eigenvalue weighted by Crippen LogP contribution is -2.52. The van der Waals surface area contributed by atoms with Crippen molar-refractivity contribution >= 4 is 29.4 Å². The minimum absolute atomic E-state index is 0.130. The molecule has 2 heterocycles. The SMILES string of the molecule is NC(=O)C(=O)Cc1ccc2c(c1)CN(C1CCC(=O)NC1=O)C2=O. The van der Waals surface area contributed by atoms with Crippen LogP contribution in [0.5, 0.6) is 0 Å². The molecule has 0 radical (unpaired) electrons. The number of nitrogens with one attached hydrogen (secondary N) is 1. The Bertz CT molecular complexity index is 786. The Balaban J connectivity index is 1.80. The average Bonchev–Trinajstić information content (AvgIpc) is 2.83. The summed E-state index contributed by atoms with van der Waals surface area (Å²) in [5.41, 5.74) is 6.65. The van der Waals surface area contributed by atoms with Gasteiger partial charge in [-0.3, -0.25) is 29.3 Å². The summed E-state index contributed by atoms with van der Waals surface area (Å²) in [6.45, 7) is 0.221. The van der Waals surface area contributed by atoms with Crippen LogP contribution in [0.3, 0.4) is 0 Å². The third kappa shape index (κ3) is 2.78. The molecule has 1 fully saturated rings. The molecule has 0 spiro atoms. The highest BCUT2D eigenvalue weighted by Crippen LogP contribution is 2.28. The number of hydrogen-bond donors (Lipinski definition) is 2. The standard InChI is InChI=1S/C16H15N3O5/c17-14(22)12(20)6-8-1-2-10-9(5-8)7-19(16(10)24)11-3-4-13(21)18-15(11)23/h1-2,5,11H,3-4,6-7H2,(H2,17,22)(H,18,21,23). The van der Waals surface area contributed by atoms with Crippen LogP contribution in [-0.2, 0) is 32.1 Å². The summed E-state index contributed by atoms with van der Waals surface area (Å²) in [5.74, 6) is -2.81. The Morgan fingerprint density at radius 2 is 2.00 bits per heavy atom. The third-order valence-corrected chi connectivity index (χ3v) is 4.23. The molecule has 1 atom stereocenters. The molecule has 124 valence electrons. The van der Waals surface area contributed by atoms with Crippen molar-refractivity contribution in [1.82, 2.24) is 10.2 Å². The van der Waals surface area contributed by atoms with Crippen LogP contribution < -0.4 is 11.1 Å². The summed E-state index contributed by atoms with van der Waals surface area (Å²) in [5, 5.41) is 2.24. The zero-order valence-electron chi connectivity index (χ0n) is 12.7. The van der Waals surface area contributed by atoms with Gasteiger partial charge >= 0.3 is 0 Å². The molecule has 1 aromatic carbocycles. The fourth-order valence-electron chi connectivity index (χ4n) is 3.01. The van der Waals surface area contributed by atoms with Gasteiger partial charge in [-0.2, -0.15) is 0 Å². The van der Waals surface area contributed by atoms with Crippen molar-refractivity contribution in [3.8, 4) is 0 Å². The summed E-state index contributed by atoms with van der Waals surface area (Å²) in [6.07, 6.45) is 0.349. The number of Topliss-reactive ketones (excluding diaryl/α,β-unsaturated/α-hetero) is 1. The maximum absolute atomic E-state index is 12.5. The first-order valence-electron chi connectivity index (χ1n) is 7.46. The molecule has 1 aromatic rings. The highest BCUT2D eigenvalue weighted by molar-refractivity contribution is 6.36. The fraction of sp³-hybridized carbons (Fsp3) is 0.312. The van der Waals surface area contributed by atoms with Gasteiger partial charge in [-0.05, 0) is 23.6 Å². The number of hydrogen-bond acceptors (Lipinski definition) is 5. The first-order chi connectivity index (χ1) is 11.4. The molecule has 3 N–H and O–H groups in total. The molecule has 3 rings (SSSR count). The summed E-state index contributed by atoms with van der Waals surface area (Å²) in [4.78, 5) is 59.4. The van der Waals surface area contributed by atoms with Crippen molar-refractivity contribution in [3.63, 3.8) is 0 Å². The van der Waals surface area contributed by atoms with E-state index in [1.165, 1.54) is 4.90 Å². The highest BCUT2D eigenvalue weighted by atomic mass is 16.2. The zero-order chi connectivity index (χ0) is 17.4. The van der Waals surface area contributed by atoms with Crippen molar-refractivity contribution < 1.29 is 24.0 Å². The Morgan fingerprint density at radius 1 is 1.25 bits per heavy atom. The van der Waals surface area contributed by atoms with Gasteiger partial charge in [-0.15, -0.1) is 0 Å². The number of benzene rings is 1. The van der Waals surface area contributed by atoms with Crippen LogP contribution in [-0.4, -0.2) is 40.4 Å². The van der Waals surface area contributed by atoms with Gasteiger partial charge in [0.05, 0.1) is 0 Å².